The fraction of sp³-hybridized carbons (Fsp3) is 0.0361. The van der Waals surface area contributed by atoms with Crippen molar-refractivity contribution in [2.45, 2.75) is 19.3 Å². The van der Waals surface area contributed by atoms with Gasteiger partial charge in [-0.1, -0.05) is 196 Å². The highest BCUT2D eigenvalue weighted by molar-refractivity contribution is 6.12. The van der Waals surface area contributed by atoms with Gasteiger partial charge in [-0.3, -0.25) is 0 Å². The lowest BCUT2D eigenvalue weighted by Crippen LogP contribution is -2.14. The maximum Gasteiger partial charge on any atom is 0.0973 e. The summed E-state index contributed by atoms with van der Waals surface area (Å²) in [6.45, 7) is 4.68. The lowest BCUT2D eigenvalue weighted by molar-refractivity contribution is 0.660. The molecule has 1 aliphatic carbocycles. The lowest BCUT2D eigenvalue weighted by Gasteiger charge is -2.26. The van der Waals surface area contributed by atoms with Crippen molar-refractivity contribution < 1.29 is 0 Å². The van der Waals surface area contributed by atoms with Crippen molar-refractivity contribution in [3.8, 4) is 56.1 Å². The first-order valence-corrected chi connectivity index (χ1v) is 30.6. The van der Waals surface area contributed by atoms with E-state index in [1.54, 1.807) is 0 Å². The fourth-order valence-corrected chi connectivity index (χ4v) is 14.1. The normalized spacial score (nSPS) is 12.5. The largest absolute Gasteiger partial charge is 0.310 e. The van der Waals surface area contributed by atoms with Crippen LogP contribution < -0.4 is 9.80 Å². The minimum Gasteiger partial charge on any atom is -0.310 e. The Morgan fingerprint density at radius 1 is 0.281 bits per heavy atom. The van der Waals surface area contributed by atoms with Gasteiger partial charge in [-0.2, -0.15) is 0 Å². The summed E-state index contributed by atoms with van der Waals surface area (Å²) in [4.78, 5) is 16.2. The summed E-state index contributed by atoms with van der Waals surface area (Å²) in [6, 6.07) is 114. The molecule has 0 saturated heterocycles. The Labute approximate surface area is 516 Å². The molecule has 89 heavy (non-hydrogen) atoms. The summed E-state index contributed by atoms with van der Waals surface area (Å²) in [6.07, 6.45) is 0. The molecule has 0 fully saturated rings. The van der Waals surface area contributed by atoms with Crippen LogP contribution in [0.15, 0.2) is 315 Å². The molecule has 0 N–H and O–H groups in total. The lowest BCUT2D eigenvalue weighted by atomic mass is 9.81. The van der Waals surface area contributed by atoms with E-state index in [1.165, 1.54) is 54.8 Å². The molecule has 0 spiro atoms. The zero-order chi connectivity index (χ0) is 59.2. The van der Waals surface area contributed by atoms with Gasteiger partial charge in [0.2, 0.25) is 0 Å². The summed E-state index contributed by atoms with van der Waals surface area (Å²) < 4.78 is 4.74. The van der Waals surface area contributed by atoms with Crippen molar-refractivity contribution >= 4 is 88.8 Å². The average molecular weight is 1140 g/mol. The maximum absolute atomic E-state index is 5.79. The van der Waals surface area contributed by atoms with Crippen molar-refractivity contribution in [3.05, 3.63) is 327 Å². The number of rotatable bonds is 11. The first kappa shape index (κ1) is 51.8. The predicted molar refractivity (Wildman–Crippen MR) is 371 cm³/mol. The standard InChI is InChI=1S/C83H58N6/c1-83(2)73-34-18-15-30-67(73)68-49-42-57(52-74(68)83)66-33-21-35-75-82(66)85-81(56-40-45-63(46-41-56)87(59-24-9-4-10-25-59)65-48-51-79-72(54-65)70-32-17-20-37-77(70)89(79)61-28-13-6-14-29-61)80(84-75)55-38-43-62(44-39-55)86(58-22-7-3-8-23-58)64-47-50-78-71(53-64)69-31-16-19-36-76(69)88(78)60-26-11-5-12-27-60/h3-54H,1-2H3. The predicted octanol–water partition coefficient (Wildman–Crippen LogP) is 22.1. The topological polar surface area (TPSA) is 42.1 Å². The second-order valence-corrected chi connectivity index (χ2v) is 23.7. The van der Waals surface area contributed by atoms with E-state index in [0.29, 0.717) is 0 Å². The van der Waals surface area contributed by atoms with Crippen LogP contribution in [0.2, 0.25) is 0 Å². The Morgan fingerprint density at radius 2 is 0.685 bits per heavy atom. The van der Waals surface area contributed by atoms with E-state index in [0.717, 1.165) is 101 Å². The van der Waals surface area contributed by atoms with Gasteiger partial charge in [0, 0.05) is 89.1 Å². The second kappa shape index (κ2) is 20.8. The zero-order valence-corrected chi connectivity index (χ0v) is 49.2. The third kappa shape index (κ3) is 8.55. The summed E-state index contributed by atoms with van der Waals surface area (Å²) in [7, 11) is 0. The fourth-order valence-electron chi connectivity index (χ4n) is 14.1. The molecule has 6 heteroatoms. The van der Waals surface area contributed by atoms with Crippen LogP contribution in [0.25, 0.3) is 111 Å². The first-order chi connectivity index (χ1) is 43.9. The summed E-state index contributed by atoms with van der Waals surface area (Å²) in [5, 5.41) is 4.79. The van der Waals surface area contributed by atoms with Gasteiger partial charge >= 0.3 is 0 Å². The Hall–Kier alpha value is -11.6. The number of anilines is 6. The van der Waals surface area contributed by atoms with E-state index in [2.05, 4.69) is 348 Å². The van der Waals surface area contributed by atoms with E-state index in [-0.39, 0.29) is 5.41 Å². The van der Waals surface area contributed by atoms with E-state index in [9.17, 15) is 0 Å². The number of hydrogen-bond acceptors (Lipinski definition) is 4. The quantitative estimate of drug-likeness (QED) is 0.129. The minimum atomic E-state index is -0.156. The van der Waals surface area contributed by atoms with Crippen LogP contribution in [-0.2, 0) is 5.41 Å². The monoisotopic (exact) mass is 1140 g/mol. The smallest absolute Gasteiger partial charge is 0.0973 e. The van der Waals surface area contributed by atoms with Crippen LogP contribution in [0.3, 0.4) is 0 Å². The van der Waals surface area contributed by atoms with E-state index < -0.39 is 0 Å². The zero-order valence-electron chi connectivity index (χ0n) is 49.2. The molecule has 16 aromatic rings. The molecule has 0 aliphatic heterocycles. The number of benzene rings is 13. The van der Waals surface area contributed by atoms with Crippen molar-refractivity contribution in [1.82, 2.24) is 19.1 Å². The Morgan fingerprint density at radius 3 is 1.22 bits per heavy atom. The number of para-hydroxylation sites is 7. The molecule has 420 valence electrons. The van der Waals surface area contributed by atoms with Crippen LogP contribution in [0.1, 0.15) is 25.0 Å². The number of hydrogen-bond donors (Lipinski definition) is 0. The van der Waals surface area contributed by atoms with Gasteiger partial charge < -0.3 is 18.9 Å². The third-order valence-corrected chi connectivity index (χ3v) is 18.3. The minimum absolute atomic E-state index is 0.156. The van der Waals surface area contributed by atoms with Crippen molar-refractivity contribution in [2.75, 3.05) is 9.80 Å². The number of nitrogens with zero attached hydrogens (tertiary/aromatic N) is 6. The molecule has 0 radical (unpaired) electrons. The molecule has 0 saturated carbocycles. The van der Waals surface area contributed by atoms with Crippen LogP contribution in [0, 0.1) is 0 Å². The molecule has 0 unspecified atom stereocenters. The second-order valence-electron chi connectivity index (χ2n) is 23.7. The highest BCUT2D eigenvalue weighted by Gasteiger charge is 2.35. The maximum atomic E-state index is 5.79. The van der Waals surface area contributed by atoms with E-state index >= 15 is 0 Å². The third-order valence-electron chi connectivity index (χ3n) is 18.3. The van der Waals surface area contributed by atoms with Crippen LogP contribution in [0.4, 0.5) is 34.1 Å². The number of aromatic nitrogens is 4. The summed E-state index contributed by atoms with van der Waals surface area (Å²) >= 11 is 0. The van der Waals surface area contributed by atoms with Crippen LogP contribution in [0.5, 0.6) is 0 Å². The van der Waals surface area contributed by atoms with Gasteiger partial charge in [-0.05, 0) is 161 Å². The van der Waals surface area contributed by atoms with Gasteiger partial charge in [0.1, 0.15) is 0 Å². The molecule has 0 atom stereocenters. The highest BCUT2D eigenvalue weighted by atomic mass is 15.1. The van der Waals surface area contributed by atoms with E-state index in [1.807, 2.05) is 0 Å². The van der Waals surface area contributed by atoms with Gasteiger partial charge in [-0.25, -0.2) is 9.97 Å². The molecule has 6 nitrogen and oxygen atoms in total. The molecular formula is C83H58N6. The molecule has 13 aromatic carbocycles. The first-order valence-electron chi connectivity index (χ1n) is 30.6. The van der Waals surface area contributed by atoms with Crippen molar-refractivity contribution in [3.63, 3.8) is 0 Å². The Balaban J connectivity index is 0.807. The van der Waals surface area contributed by atoms with E-state index in [4.69, 9.17) is 9.97 Å². The van der Waals surface area contributed by atoms with Gasteiger partial charge in [0.05, 0.1) is 44.5 Å². The molecule has 0 bridgehead atoms. The van der Waals surface area contributed by atoms with Gasteiger partial charge in [0.25, 0.3) is 0 Å². The SMILES string of the molecule is CC1(C)c2ccccc2-c2ccc(-c3cccc4nc(-c5ccc(N(c6ccccc6)c6ccc7c(c6)c6ccccc6n7-c6ccccc6)cc5)c(-c5ccc(N(c6ccccc6)c6ccc7c(c6)c6ccccc6n7-c6ccccc6)cc5)nc34)cc21. The Kier molecular flexibility index (Phi) is 12.1. The summed E-state index contributed by atoms with van der Waals surface area (Å²) in [5.74, 6) is 0. The number of fused-ring (bicyclic) bond motifs is 10. The van der Waals surface area contributed by atoms with Crippen molar-refractivity contribution in [1.29, 1.82) is 0 Å². The molecule has 0 amide bonds. The molecule has 17 rings (SSSR count). The van der Waals surface area contributed by atoms with Crippen LogP contribution in [-0.4, -0.2) is 19.1 Å². The van der Waals surface area contributed by atoms with Crippen LogP contribution >= 0.6 is 0 Å². The van der Waals surface area contributed by atoms with Crippen molar-refractivity contribution in [2.24, 2.45) is 0 Å². The molecule has 3 aromatic heterocycles. The average Bonchev–Trinajstić information content (AvgIpc) is 1.85. The molecular weight excluding hydrogens is 1080 g/mol. The highest BCUT2D eigenvalue weighted by Crippen LogP contribution is 2.51. The molecule has 3 heterocycles. The Bertz CT molecular complexity index is 5380. The molecule has 1 aliphatic rings. The van der Waals surface area contributed by atoms with Gasteiger partial charge in [-0.15, -0.1) is 0 Å². The van der Waals surface area contributed by atoms with Gasteiger partial charge in [0.15, 0.2) is 0 Å². The summed E-state index contributed by atoms with van der Waals surface area (Å²) in [5.41, 5.74) is 25.7.